The third-order valence-corrected chi connectivity index (χ3v) is 9.14. The summed E-state index contributed by atoms with van der Waals surface area (Å²) in [6.45, 7) is 8.16. The van der Waals surface area contributed by atoms with Crippen molar-refractivity contribution in [1.29, 1.82) is 5.26 Å². The molecule has 210 valence electrons. The van der Waals surface area contributed by atoms with Crippen molar-refractivity contribution in [1.82, 2.24) is 9.80 Å². The van der Waals surface area contributed by atoms with Crippen molar-refractivity contribution in [2.75, 3.05) is 41.0 Å². The first-order valence-electron chi connectivity index (χ1n) is 13.6. The number of aliphatic hydroxyl groups is 1. The molecule has 40 heavy (non-hydrogen) atoms. The molecule has 0 bridgehead atoms. The van der Waals surface area contributed by atoms with E-state index in [1.165, 1.54) is 5.56 Å². The van der Waals surface area contributed by atoms with Gasteiger partial charge in [0.05, 0.1) is 44.0 Å². The third-order valence-electron chi connectivity index (χ3n) is 9.14. The number of benzene rings is 2. The fourth-order valence-electron chi connectivity index (χ4n) is 7.83. The molecule has 2 aromatic rings. The summed E-state index contributed by atoms with van der Waals surface area (Å²) in [5, 5.41) is 21.5. The first-order valence-corrected chi connectivity index (χ1v) is 13.6. The Labute approximate surface area is 233 Å². The maximum absolute atomic E-state index is 10.9. The normalized spacial score (nSPS) is 29.9. The topological polar surface area (TPSA) is 106 Å². The number of hydrogen-bond donors (Lipinski definition) is 1. The maximum atomic E-state index is 10.9. The number of aryl methyl sites for hydroxylation is 1. The number of hydrogen-bond acceptors (Lipinski definition) is 10. The zero-order chi connectivity index (χ0) is 27.9. The Morgan fingerprint density at radius 3 is 2.60 bits per heavy atom. The zero-order valence-electron chi connectivity index (χ0n) is 23.1. The van der Waals surface area contributed by atoms with Gasteiger partial charge in [-0.25, -0.2) is 0 Å². The van der Waals surface area contributed by atoms with Crippen LogP contribution in [-0.4, -0.2) is 74.1 Å². The molecule has 2 fully saturated rings. The number of piperazine rings is 1. The zero-order valence-corrected chi connectivity index (χ0v) is 23.1. The second-order valence-electron chi connectivity index (χ2n) is 10.9. The summed E-state index contributed by atoms with van der Waals surface area (Å²) < 4.78 is 35.4. The molecule has 3 unspecified atom stereocenters. The lowest BCUT2D eigenvalue weighted by atomic mass is 9.77. The highest BCUT2D eigenvalue weighted by Gasteiger charge is 2.71. The van der Waals surface area contributed by atoms with Crippen molar-refractivity contribution in [3.63, 3.8) is 0 Å². The molecule has 10 heteroatoms. The Kier molecular flexibility index (Phi) is 5.91. The summed E-state index contributed by atoms with van der Waals surface area (Å²) in [5.41, 5.74) is 5.91. The summed E-state index contributed by atoms with van der Waals surface area (Å²) >= 11 is 0. The first-order chi connectivity index (χ1) is 19.5. The molecule has 0 radical (unpaired) electrons. The predicted molar refractivity (Wildman–Crippen MR) is 143 cm³/mol. The molecule has 5 heterocycles. The van der Waals surface area contributed by atoms with Gasteiger partial charge >= 0.3 is 0 Å². The third kappa shape index (κ3) is 3.17. The van der Waals surface area contributed by atoms with Gasteiger partial charge in [-0.05, 0) is 31.4 Å². The quantitative estimate of drug-likeness (QED) is 0.301. The van der Waals surface area contributed by atoms with Gasteiger partial charge in [-0.3, -0.25) is 9.80 Å². The summed E-state index contributed by atoms with van der Waals surface area (Å²) in [7, 11) is 3.25. The van der Waals surface area contributed by atoms with E-state index in [-0.39, 0.29) is 44.4 Å². The number of rotatable bonds is 8. The van der Waals surface area contributed by atoms with Crippen LogP contribution in [0.5, 0.6) is 28.7 Å². The van der Waals surface area contributed by atoms with Crippen LogP contribution in [0.3, 0.4) is 0 Å². The molecule has 0 saturated carbocycles. The highest BCUT2D eigenvalue weighted by Crippen LogP contribution is 2.69. The van der Waals surface area contributed by atoms with Crippen LogP contribution in [0.15, 0.2) is 18.7 Å². The monoisotopic (exact) mass is 547 g/mol. The van der Waals surface area contributed by atoms with Crippen LogP contribution in [0, 0.1) is 25.2 Å². The fourth-order valence-corrected chi connectivity index (χ4v) is 7.83. The largest absolute Gasteiger partial charge is 0.493 e. The minimum Gasteiger partial charge on any atom is -0.493 e. The molecule has 1 N–H and O–H groups in total. The van der Waals surface area contributed by atoms with Crippen molar-refractivity contribution in [3.8, 4) is 34.8 Å². The Morgan fingerprint density at radius 2 is 1.90 bits per heavy atom. The van der Waals surface area contributed by atoms with Crippen molar-refractivity contribution in [2.24, 2.45) is 0 Å². The second kappa shape index (κ2) is 9.28. The van der Waals surface area contributed by atoms with E-state index in [1.807, 2.05) is 13.8 Å². The lowest BCUT2D eigenvalue weighted by Crippen LogP contribution is -2.59. The van der Waals surface area contributed by atoms with Crippen LogP contribution in [-0.2, 0) is 11.2 Å². The van der Waals surface area contributed by atoms with Crippen molar-refractivity contribution >= 4 is 0 Å². The number of nitriles is 1. The van der Waals surface area contributed by atoms with Gasteiger partial charge in [0.25, 0.3) is 0 Å². The van der Waals surface area contributed by atoms with Gasteiger partial charge in [0.2, 0.25) is 6.79 Å². The van der Waals surface area contributed by atoms with Crippen LogP contribution in [0.25, 0.3) is 0 Å². The number of nitrogens with zero attached hydrogens (tertiary/aromatic N) is 3. The average Bonchev–Trinajstić information content (AvgIpc) is 3.31. The first kappa shape index (κ1) is 25.5. The van der Waals surface area contributed by atoms with Crippen LogP contribution in [0.2, 0.25) is 0 Å². The Bertz CT molecular complexity index is 1450. The van der Waals surface area contributed by atoms with E-state index in [1.54, 1.807) is 20.3 Å². The van der Waals surface area contributed by atoms with E-state index < -0.39 is 12.1 Å². The van der Waals surface area contributed by atoms with Crippen LogP contribution in [0.4, 0.5) is 0 Å². The molecule has 0 spiro atoms. The Hall–Kier alpha value is -3.49. The molecule has 0 amide bonds. The minimum absolute atomic E-state index is 0.0181. The molecule has 5 aliphatic rings. The lowest BCUT2D eigenvalue weighted by Gasteiger charge is -2.51. The smallest absolute Gasteiger partial charge is 0.231 e. The number of aliphatic hydroxyl groups excluding tert-OH is 1. The summed E-state index contributed by atoms with van der Waals surface area (Å²) in [5.74, 6) is 3.37. The van der Waals surface area contributed by atoms with Crippen LogP contribution < -0.4 is 23.7 Å². The summed E-state index contributed by atoms with van der Waals surface area (Å²) in [4.78, 5) is 4.64. The van der Waals surface area contributed by atoms with E-state index in [0.29, 0.717) is 36.0 Å². The predicted octanol–water partition coefficient (Wildman–Crippen LogP) is 3.23. The molecule has 5 aliphatic heterocycles. The van der Waals surface area contributed by atoms with Gasteiger partial charge in [0.15, 0.2) is 29.8 Å². The van der Waals surface area contributed by atoms with Crippen molar-refractivity contribution in [3.05, 3.63) is 52.1 Å². The summed E-state index contributed by atoms with van der Waals surface area (Å²) in [6, 6.07) is 3.80. The maximum Gasteiger partial charge on any atom is 0.231 e. The van der Waals surface area contributed by atoms with Gasteiger partial charge in [-0.15, -0.1) is 0 Å². The van der Waals surface area contributed by atoms with Crippen molar-refractivity contribution in [2.45, 2.75) is 56.5 Å². The molecule has 10 nitrogen and oxygen atoms in total. The van der Waals surface area contributed by atoms with E-state index in [0.717, 1.165) is 33.6 Å². The van der Waals surface area contributed by atoms with Gasteiger partial charge in [0.1, 0.15) is 18.4 Å². The SMILES string of the molecule is C=CCOc1c(C)c2c(c3c1CC1[C@H]4c5c(cc(C)c(OC)c5OCOC)C5[C@@H]([C@H](C#N)N1[C@H]3CO)N54)OCO2. The molecular formula is C30H33N3O7. The molecular weight excluding hydrogens is 514 g/mol. The van der Waals surface area contributed by atoms with Gasteiger partial charge in [-0.2, -0.15) is 5.26 Å². The Morgan fingerprint density at radius 1 is 1.10 bits per heavy atom. The standard InChI is InChI=1S/C30H33N3O7/c1-6-7-37-27-15(3)28-29(40-13-39-28)21-17(27)9-18-24-22-16(8-14(2)26(36-5)30(22)38-12-35-4)23-25(33(23)24)19(10-31)32(18)20(21)11-34/h6,8,18-20,23-25,34H,1,7,9,11-13H2,2-5H3/t18?,19-,20-,23?,24-,25+,33?/m0/s1. The molecule has 0 aromatic heterocycles. The van der Waals surface area contributed by atoms with Crippen LogP contribution >= 0.6 is 0 Å². The number of ether oxygens (including phenoxy) is 6. The molecule has 7 rings (SSSR count). The highest BCUT2D eigenvalue weighted by molar-refractivity contribution is 5.68. The minimum atomic E-state index is -0.469. The molecule has 2 saturated heterocycles. The van der Waals surface area contributed by atoms with E-state index in [9.17, 15) is 10.4 Å². The van der Waals surface area contributed by atoms with Crippen molar-refractivity contribution < 1.29 is 33.5 Å². The van der Waals surface area contributed by atoms with Gasteiger partial charge in [0, 0.05) is 35.4 Å². The van der Waals surface area contributed by atoms with Gasteiger partial charge < -0.3 is 33.5 Å². The molecule has 7 atom stereocenters. The Balaban J connectivity index is 1.44. The number of fused-ring (bicyclic) bond motifs is 9. The fraction of sp³-hybridized carbons (Fsp3) is 0.500. The van der Waals surface area contributed by atoms with Gasteiger partial charge in [-0.1, -0.05) is 18.7 Å². The second-order valence-corrected chi connectivity index (χ2v) is 10.9. The highest BCUT2D eigenvalue weighted by atomic mass is 16.7. The lowest BCUT2D eigenvalue weighted by molar-refractivity contribution is -0.0151. The molecule has 0 aliphatic carbocycles. The van der Waals surface area contributed by atoms with Crippen LogP contribution in [0.1, 0.15) is 51.5 Å². The summed E-state index contributed by atoms with van der Waals surface area (Å²) in [6.07, 6.45) is 2.31. The number of methoxy groups -OCH3 is 2. The molecule has 2 aromatic carbocycles. The van der Waals surface area contributed by atoms with E-state index >= 15 is 0 Å². The van der Waals surface area contributed by atoms with E-state index in [2.05, 4.69) is 28.5 Å². The van der Waals surface area contributed by atoms with E-state index in [4.69, 9.17) is 28.4 Å². The average molecular weight is 548 g/mol.